The van der Waals surface area contributed by atoms with E-state index in [1.807, 2.05) is 0 Å². The van der Waals surface area contributed by atoms with Crippen LogP contribution in [-0.2, 0) is 0 Å². The number of aliphatic hydroxyl groups is 1. The van der Waals surface area contributed by atoms with E-state index in [0.29, 0.717) is 24.5 Å². The van der Waals surface area contributed by atoms with Gasteiger partial charge >= 0.3 is 5.69 Å². The molecule has 1 amide bonds. The molecule has 7 nitrogen and oxygen atoms in total. The number of carbonyl (C=O) groups excluding carboxylic acids is 1. The van der Waals surface area contributed by atoms with Gasteiger partial charge in [-0.25, -0.2) is 4.79 Å². The van der Waals surface area contributed by atoms with Gasteiger partial charge in [-0.2, -0.15) is 4.98 Å². The van der Waals surface area contributed by atoms with E-state index >= 15 is 0 Å². The largest absolute Gasteiger partial charge is 0.497 e. The summed E-state index contributed by atoms with van der Waals surface area (Å²) in [5.74, 6) is 0.549. The minimum atomic E-state index is -0.563. The summed E-state index contributed by atoms with van der Waals surface area (Å²) in [7, 11) is 1.58. The number of piperidine rings is 1. The number of nitrogens with one attached hydrogen (secondary N) is 1. The molecule has 0 radical (unpaired) electrons. The monoisotopic (exact) mass is 343 g/mol. The average Bonchev–Trinajstić information content (AvgIpc) is 2.67. The highest BCUT2D eigenvalue weighted by Gasteiger charge is 2.25. The van der Waals surface area contributed by atoms with Crippen molar-refractivity contribution < 1.29 is 14.6 Å². The number of aromatic nitrogens is 2. The summed E-state index contributed by atoms with van der Waals surface area (Å²) in [5, 5.41) is 9.32. The van der Waals surface area contributed by atoms with Crippen molar-refractivity contribution in [3.05, 3.63) is 46.5 Å². The maximum Gasteiger partial charge on any atom is 0.346 e. The van der Waals surface area contributed by atoms with Crippen LogP contribution in [0.1, 0.15) is 23.3 Å². The summed E-state index contributed by atoms with van der Waals surface area (Å²) in [6, 6.07) is 8.72. The predicted octanol–water partition coefficient (Wildman–Crippen LogP) is 1.29. The molecular formula is C18H21N3O4. The molecule has 0 bridgehead atoms. The molecule has 1 aromatic carbocycles. The fourth-order valence-electron chi connectivity index (χ4n) is 3.05. The molecule has 1 aliphatic rings. The van der Waals surface area contributed by atoms with Gasteiger partial charge in [0.05, 0.1) is 12.8 Å². The zero-order chi connectivity index (χ0) is 17.8. The number of hydrogen-bond donors (Lipinski definition) is 2. The van der Waals surface area contributed by atoms with Crippen molar-refractivity contribution >= 4 is 5.91 Å². The van der Waals surface area contributed by atoms with Gasteiger partial charge in [-0.1, -0.05) is 0 Å². The van der Waals surface area contributed by atoms with E-state index < -0.39 is 5.69 Å². The number of amides is 1. The molecule has 3 rings (SSSR count). The highest BCUT2D eigenvalue weighted by molar-refractivity contribution is 5.93. The third-order valence-electron chi connectivity index (χ3n) is 4.43. The van der Waals surface area contributed by atoms with E-state index in [9.17, 15) is 14.7 Å². The fraction of sp³-hybridized carbons (Fsp3) is 0.389. The number of aromatic amines is 1. The third-order valence-corrected chi connectivity index (χ3v) is 4.43. The summed E-state index contributed by atoms with van der Waals surface area (Å²) >= 11 is 0. The van der Waals surface area contributed by atoms with Crippen LogP contribution in [0.3, 0.4) is 0 Å². The molecule has 0 saturated carbocycles. The van der Waals surface area contributed by atoms with Crippen molar-refractivity contribution in [1.82, 2.24) is 14.9 Å². The first-order valence-electron chi connectivity index (χ1n) is 8.26. The van der Waals surface area contributed by atoms with Crippen LogP contribution < -0.4 is 10.4 Å². The van der Waals surface area contributed by atoms with E-state index in [1.54, 1.807) is 42.3 Å². The molecule has 1 aromatic heterocycles. The molecule has 1 saturated heterocycles. The van der Waals surface area contributed by atoms with E-state index in [-0.39, 0.29) is 24.1 Å². The van der Waals surface area contributed by atoms with Crippen LogP contribution >= 0.6 is 0 Å². The van der Waals surface area contributed by atoms with Crippen LogP contribution in [0.2, 0.25) is 0 Å². The molecule has 2 heterocycles. The fourth-order valence-corrected chi connectivity index (χ4v) is 3.05. The highest BCUT2D eigenvalue weighted by Crippen LogP contribution is 2.22. The number of carbonyl (C=O) groups is 1. The first-order chi connectivity index (χ1) is 12.1. The number of benzene rings is 1. The molecule has 25 heavy (non-hydrogen) atoms. The SMILES string of the molecule is COc1ccc(-c2cc(C(=O)N3CCCC(CO)C3)[nH]c(=O)n2)cc1. The van der Waals surface area contributed by atoms with Gasteiger partial charge in [-0.05, 0) is 49.1 Å². The quantitative estimate of drug-likeness (QED) is 0.872. The molecule has 2 aromatic rings. The van der Waals surface area contributed by atoms with Crippen molar-refractivity contribution in [3.63, 3.8) is 0 Å². The Kier molecular flexibility index (Phi) is 5.14. The topological polar surface area (TPSA) is 95.5 Å². The number of rotatable bonds is 4. The van der Waals surface area contributed by atoms with Crippen molar-refractivity contribution in [2.75, 3.05) is 26.8 Å². The zero-order valence-corrected chi connectivity index (χ0v) is 14.1. The Labute approximate surface area is 145 Å². The number of likely N-dealkylation sites (tertiary alicyclic amines) is 1. The highest BCUT2D eigenvalue weighted by atomic mass is 16.5. The van der Waals surface area contributed by atoms with Gasteiger partial charge < -0.3 is 19.7 Å². The maximum atomic E-state index is 12.7. The second kappa shape index (κ2) is 7.48. The van der Waals surface area contributed by atoms with Crippen LogP contribution in [0.15, 0.2) is 35.1 Å². The third kappa shape index (κ3) is 3.88. The molecule has 1 atom stereocenters. The number of hydrogen-bond acceptors (Lipinski definition) is 5. The second-order valence-corrected chi connectivity index (χ2v) is 6.16. The van der Waals surface area contributed by atoms with Crippen LogP contribution in [-0.4, -0.2) is 52.7 Å². The summed E-state index contributed by atoms with van der Waals surface area (Å²) in [5.41, 5.74) is 0.815. The Morgan fingerprint density at radius 3 is 2.84 bits per heavy atom. The summed E-state index contributed by atoms with van der Waals surface area (Å²) in [6.07, 6.45) is 1.75. The van der Waals surface area contributed by atoms with E-state index in [2.05, 4.69) is 9.97 Å². The van der Waals surface area contributed by atoms with Crippen molar-refractivity contribution in [1.29, 1.82) is 0 Å². The molecule has 1 unspecified atom stereocenters. The number of aliphatic hydroxyl groups excluding tert-OH is 1. The van der Waals surface area contributed by atoms with Crippen LogP contribution in [0.25, 0.3) is 11.3 Å². The normalized spacial score (nSPS) is 17.4. The minimum Gasteiger partial charge on any atom is -0.497 e. The van der Waals surface area contributed by atoms with Gasteiger partial charge in [0.1, 0.15) is 11.4 Å². The Morgan fingerprint density at radius 1 is 1.40 bits per heavy atom. The van der Waals surface area contributed by atoms with Crippen molar-refractivity contribution in [3.8, 4) is 17.0 Å². The Morgan fingerprint density at radius 2 is 2.16 bits per heavy atom. The Hall–Kier alpha value is -2.67. The minimum absolute atomic E-state index is 0.0632. The molecular weight excluding hydrogens is 322 g/mol. The van der Waals surface area contributed by atoms with Gasteiger partial charge in [0, 0.05) is 25.3 Å². The first-order valence-corrected chi connectivity index (χ1v) is 8.26. The summed E-state index contributed by atoms with van der Waals surface area (Å²) in [4.78, 5) is 32.8. The van der Waals surface area contributed by atoms with Gasteiger partial charge in [-0.15, -0.1) is 0 Å². The smallest absolute Gasteiger partial charge is 0.346 e. The molecule has 132 valence electrons. The van der Waals surface area contributed by atoms with Gasteiger partial charge in [-0.3, -0.25) is 4.79 Å². The Balaban J connectivity index is 1.88. The van der Waals surface area contributed by atoms with Crippen LogP contribution in [0.4, 0.5) is 0 Å². The predicted molar refractivity (Wildman–Crippen MR) is 92.6 cm³/mol. The molecule has 7 heteroatoms. The summed E-state index contributed by atoms with van der Waals surface area (Å²) in [6.45, 7) is 1.18. The molecule has 0 aliphatic carbocycles. The van der Waals surface area contributed by atoms with Gasteiger partial charge in [0.2, 0.25) is 0 Å². The average molecular weight is 343 g/mol. The lowest BCUT2D eigenvalue weighted by Gasteiger charge is -2.31. The van der Waals surface area contributed by atoms with Crippen LogP contribution in [0, 0.1) is 5.92 Å². The molecule has 0 spiro atoms. The van der Waals surface area contributed by atoms with Gasteiger partial charge in [0.25, 0.3) is 5.91 Å². The van der Waals surface area contributed by atoms with E-state index in [0.717, 1.165) is 18.4 Å². The van der Waals surface area contributed by atoms with E-state index in [1.165, 1.54) is 0 Å². The summed E-state index contributed by atoms with van der Waals surface area (Å²) < 4.78 is 5.12. The Bertz CT molecular complexity index is 801. The lowest BCUT2D eigenvalue weighted by molar-refractivity contribution is 0.0614. The second-order valence-electron chi connectivity index (χ2n) is 6.16. The van der Waals surface area contributed by atoms with Crippen LogP contribution in [0.5, 0.6) is 5.75 Å². The number of nitrogens with zero attached hydrogens (tertiary/aromatic N) is 2. The standard InChI is InChI=1S/C18H21N3O4/c1-25-14-6-4-13(5-7-14)15-9-16(20-18(24)19-15)17(23)21-8-2-3-12(10-21)11-22/h4-7,9,12,22H,2-3,8,10-11H2,1H3,(H,19,20,24). The van der Waals surface area contributed by atoms with Crippen molar-refractivity contribution in [2.45, 2.75) is 12.8 Å². The lowest BCUT2D eigenvalue weighted by atomic mass is 9.99. The van der Waals surface area contributed by atoms with Crippen molar-refractivity contribution in [2.24, 2.45) is 5.92 Å². The number of methoxy groups -OCH3 is 1. The molecule has 1 aliphatic heterocycles. The molecule has 2 N–H and O–H groups in total. The lowest BCUT2D eigenvalue weighted by Crippen LogP contribution is -2.41. The first kappa shape index (κ1) is 17.2. The maximum absolute atomic E-state index is 12.7. The van der Waals surface area contributed by atoms with E-state index in [4.69, 9.17) is 4.74 Å². The molecule has 1 fully saturated rings. The number of ether oxygens (including phenoxy) is 1. The zero-order valence-electron chi connectivity index (χ0n) is 14.1. The number of H-pyrrole nitrogens is 1. The van der Waals surface area contributed by atoms with Gasteiger partial charge in [0.15, 0.2) is 0 Å².